The summed E-state index contributed by atoms with van der Waals surface area (Å²) in [5.41, 5.74) is 4.45. The van der Waals surface area contributed by atoms with Crippen molar-refractivity contribution < 1.29 is 9.59 Å². The van der Waals surface area contributed by atoms with Crippen molar-refractivity contribution in [2.45, 2.75) is 32.0 Å². The van der Waals surface area contributed by atoms with Gasteiger partial charge in [-0.2, -0.15) is 0 Å². The Morgan fingerprint density at radius 1 is 1.03 bits per heavy atom. The molecule has 3 heterocycles. The fourth-order valence-electron chi connectivity index (χ4n) is 4.47. The van der Waals surface area contributed by atoms with E-state index in [1.54, 1.807) is 24.5 Å². The highest BCUT2D eigenvalue weighted by Gasteiger charge is 2.37. The fraction of sp³-hybridized carbons (Fsp3) is 0.240. The predicted octanol–water partition coefficient (Wildman–Crippen LogP) is 3.85. The van der Waals surface area contributed by atoms with Crippen molar-refractivity contribution in [2.24, 2.45) is 0 Å². The average molecular weight is 412 g/mol. The van der Waals surface area contributed by atoms with Crippen LogP contribution in [0, 0.1) is 0 Å². The molecule has 6 nitrogen and oxygen atoms in total. The maximum absolute atomic E-state index is 13.4. The van der Waals surface area contributed by atoms with Crippen LogP contribution in [0.3, 0.4) is 0 Å². The van der Waals surface area contributed by atoms with Crippen molar-refractivity contribution in [2.75, 3.05) is 16.8 Å². The molecular formula is C25H24N4O2. The number of hydrogen-bond donors (Lipinski definition) is 1. The van der Waals surface area contributed by atoms with Gasteiger partial charge < -0.3 is 10.2 Å². The van der Waals surface area contributed by atoms with E-state index in [9.17, 15) is 9.59 Å². The van der Waals surface area contributed by atoms with Gasteiger partial charge in [0.2, 0.25) is 5.91 Å². The summed E-state index contributed by atoms with van der Waals surface area (Å²) < 4.78 is 0. The molecule has 1 N–H and O–H groups in total. The van der Waals surface area contributed by atoms with E-state index < -0.39 is 0 Å². The molecule has 31 heavy (non-hydrogen) atoms. The number of rotatable bonds is 4. The molecule has 2 aromatic carbocycles. The lowest BCUT2D eigenvalue weighted by Crippen LogP contribution is -2.42. The molecule has 0 radical (unpaired) electrons. The molecule has 6 heteroatoms. The van der Waals surface area contributed by atoms with Crippen LogP contribution in [-0.2, 0) is 17.9 Å². The highest BCUT2D eigenvalue weighted by molar-refractivity contribution is 6.04. The molecule has 5 rings (SSSR count). The van der Waals surface area contributed by atoms with Crippen LogP contribution in [0.2, 0.25) is 0 Å². The summed E-state index contributed by atoms with van der Waals surface area (Å²) in [5.74, 6) is -0.00232. The second-order valence-electron chi connectivity index (χ2n) is 8.07. The van der Waals surface area contributed by atoms with Gasteiger partial charge in [-0.3, -0.25) is 19.5 Å². The zero-order valence-electron chi connectivity index (χ0n) is 17.2. The monoisotopic (exact) mass is 412 g/mol. The van der Waals surface area contributed by atoms with Crippen molar-refractivity contribution in [1.29, 1.82) is 0 Å². The van der Waals surface area contributed by atoms with E-state index in [0.29, 0.717) is 17.8 Å². The number of amides is 2. The van der Waals surface area contributed by atoms with Gasteiger partial charge in [-0.25, -0.2) is 0 Å². The Morgan fingerprint density at radius 3 is 2.61 bits per heavy atom. The predicted molar refractivity (Wildman–Crippen MR) is 120 cm³/mol. The summed E-state index contributed by atoms with van der Waals surface area (Å²) in [6.45, 7) is 2.28. The van der Waals surface area contributed by atoms with E-state index >= 15 is 0 Å². The van der Waals surface area contributed by atoms with Crippen molar-refractivity contribution in [3.8, 4) is 0 Å². The van der Waals surface area contributed by atoms with Crippen LogP contribution >= 0.6 is 0 Å². The quantitative estimate of drug-likeness (QED) is 0.707. The Morgan fingerprint density at radius 2 is 1.81 bits per heavy atom. The first kappa shape index (κ1) is 19.5. The second kappa shape index (κ2) is 8.32. The summed E-state index contributed by atoms with van der Waals surface area (Å²) in [6.07, 6.45) is 5.26. The zero-order valence-corrected chi connectivity index (χ0v) is 17.2. The highest BCUT2D eigenvalue weighted by Crippen LogP contribution is 2.33. The van der Waals surface area contributed by atoms with E-state index in [4.69, 9.17) is 0 Å². The number of para-hydroxylation sites is 1. The molecule has 2 aliphatic heterocycles. The molecule has 3 aromatic rings. The molecule has 0 saturated carbocycles. The van der Waals surface area contributed by atoms with Gasteiger partial charge in [-0.05, 0) is 60.8 Å². The van der Waals surface area contributed by atoms with Gasteiger partial charge in [-0.15, -0.1) is 0 Å². The number of carbonyl (C=O) groups is 2. The third-order valence-corrected chi connectivity index (χ3v) is 6.07. The SMILES string of the molecule is O=C(Nc1ccncc1)c1ccc(CN2C(=O)C3CCCN3Cc3ccccc32)cc1. The average Bonchev–Trinajstić information content (AvgIpc) is 3.23. The summed E-state index contributed by atoms with van der Waals surface area (Å²) in [7, 11) is 0. The summed E-state index contributed by atoms with van der Waals surface area (Å²) in [4.78, 5) is 34.1. The molecule has 0 bridgehead atoms. The zero-order chi connectivity index (χ0) is 21.2. The topological polar surface area (TPSA) is 65.5 Å². The van der Waals surface area contributed by atoms with E-state index in [1.807, 2.05) is 47.4 Å². The number of benzene rings is 2. The number of anilines is 2. The van der Waals surface area contributed by atoms with Gasteiger partial charge in [0, 0.05) is 35.9 Å². The fourth-order valence-corrected chi connectivity index (χ4v) is 4.47. The van der Waals surface area contributed by atoms with Crippen LogP contribution in [-0.4, -0.2) is 34.3 Å². The van der Waals surface area contributed by atoms with Crippen molar-refractivity contribution >= 4 is 23.2 Å². The van der Waals surface area contributed by atoms with Gasteiger partial charge in [0.05, 0.1) is 12.6 Å². The molecule has 1 fully saturated rings. The molecule has 2 amide bonds. The molecule has 156 valence electrons. The lowest BCUT2D eigenvalue weighted by Gasteiger charge is -2.26. The Bertz CT molecular complexity index is 1100. The number of pyridine rings is 1. The van der Waals surface area contributed by atoms with E-state index in [-0.39, 0.29) is 17.9 Å². The first-order chi connectivity index (χ1) is 15.2. The largest absolute Gasteiger partial charge is 0.322 e. The lowest BCUT2D eigenvalue weighted by molar-refractivity contribution is -0.122. The number of fused-ring (bicyclic) bond motifs is 2. The van der Waals surface area contributed by atoms with Crippen LogP contribution in [0.4, 0.5) is 11.4 Å². The van der Waals surface area contributed by atoms with E-state index in [1.165, 1.54) is 5.56 Å². The number of nitrogens with zero attached hydrogens (tertiary/aromatic N) is 3. The first-order valence-electron chi connectivity index (χ1n) is 10.6. The number of hydrogen-bond acceptors (Lipinski definition) is 4. The van der Waals surface area contributed by atoms with Gasteiger partial charge in [0.1, 0.15) is 0 Å². The molecule has 1 unspecified atom stereocenters. The van der Waals surface area contributed by atoms with Crippen LogP contribution in [0.5, 0.6) is 0 Å². The Balaban J connectivity index is 1.36. The van der Waals surface area contributed by atoms with Gasteiger partial charge in [0.25, 0.3) is 5.91 Å². The summed E-state index contributed by atoms with van der Waals surface area (Å²) >= 11 is 0. The molecule has 1 saturated heterocycles. The third-order valence-electron chi connectivity index (χ3n) is 6.07. The Hall–Kier alpha value is -3.51. The Labute approximate surface area is 181 Å². The molecule has 1 aromatic heterocycles. The minimum absolute atomic E-state index is 0.0437. The lowest BCUT2D eigenvalue weighted by atomic mass is 10.1. The maximum Gasteiger partial charge on any atom is 0.255 e. The van der Waals surface area contributed by atoms with Gasteiger partial charge in [-0.1, -0.05) is 30.3 Å². The minimum Gasteiger partial charge on any atom is -0.322 e. The molecular weight excluding hydrogens is 388 g/mol. The van der Waals surface area contributed by atoms with Gasteiger partial charge >= 0.3 is 0 Å². The van der Waals surface area contributed by atoms with E-state index in [0.717, 1.165) is 37.2 Å². The van der Waals surface area contributed by atoms with Crippen LogP contribution in [0.15, 0.2) is 73.1 Å². The molecule has 1 atom stereocenters. The van der Waals surface area contributed by atoms with E-state index in [2.05, 4.69) is 21.3 Å². The highest BCUT2D eigenvalue weighted by atomic mass is 16.2. The summed E-state index contributed by atoms with van der Waals surface area (Å²) in [6, 6.07) is 19.1. The molecule has 0 aliphatic carbocycles. The van der Waals surface area contributed by atoms with Crippen molar-refractivity contribution in [1.82, 2.24) is 9.88 Å². The third kappa shape index (κ3) is 3.94. The number of carbonyl (C=O) groups excluding carboxylic acids is 2. The molecule has 0 spiro atoms. The Kier molecular flexibility index (Phi) is 5.22. The summed E-state index contributed by atoms with van der Waals surface area (Å²) in [5, 5.41) is 2.86. The first-order valence-corrected chi connectivity index (χ1v) is 10.6. The smallest absolute Gasteiger partial charge is 0.255 e. The standard InChI is InChI=1S/C25H24N4O2/c30-24(27-21-11-13-26-14-12-21)19-9-7-18(8-10-19)16-29-22-5-2-1-4-20(22)17-28-15-3-6-23(28)25(29)31/h1-2,4-5,7-14,23H,3,6,15-17H2,(H,26,27,30). The van der Waals surface area contributed by atoms with Crippen LogP contribution in [0.25, 0.3) is 0 Å². The maximum atomic E-state index is 13.4. The van der Waals surface area contributed by atoms with Gasteiger partial charge in [0.15, 0.2) is 0 Å². The van der Waals surface area contributed by atoms with Crippen LogP contribution < -0.4 is 10.2 Å². The van der Waals surface area contributed by atoms with Crippen LogP contribution in [0.1, 0.15) is 34.3 Å². The molecule has 2 aliphatic rings. The van der Waals surface area contributed by atoms with Crippen molar-refractivity contribution in [3.05, 3.63) is 89.7 Å². The number of nitrogens with one attached hydrogen (secondary N) is 1. The second-order valence-corrected chi connectivity index (χ2v) is 8.07. The number of aromatic nitrogens is 1. The van der Waals surface area contributed by atoms with Crippen molar-refractivity contribution in [3.63, 3.8) is 0 Å². The normalized spacial score (nSPS) is 18.3. The minimum atomic E-state index is -0.171.